The van der Waals surface area contributed by atoms with Gasteiger partial charge in [-0.15, -0.1) is 0 Å². The highest BCUT2D eigenvalue weighted by atomic mass is 16.5. The molecule has 0 saturated carbocycles. The summed E-state index contributed by atoms with van der Waals surface area (Å²) < 4.78 is 5.67. The van der Waals surface area contributed by atoms with E-state index in [0.29, 0.717) is 13.1 Å². The Bertz CT molecular complexity index is 491. The van der Waals surface area contributed by atoms with Gasteiger partial charge in [0.15, 0.2) is 0 Å². The third kappa shape index (κ3) is 6.03. The molecule has 2 atom stereocenters. The Morgan fingerprint density at radius 2 is 2.05 bits per heavy atom. The van der Waals surface area contributed by atoms with Crippen LogP contribution in [0.2, 0.25) is 0 Å². The minimum absolute atomic E-state index is 0.00729. The summed E-state index contributed by atoms with van der Waals surface area (Å²) in [7, 11) is 3.52. The molecule has 0 aliphatic rings. The third-order valence-electron chi connectivity index (χ3n) is 3.56. The lowest BCUT2D eigenvalue weighted by Gasteiger charge is -2.23. The second kappa shape index (κ2) is 8.76. The molecule has 0 aliphatic heterocycles. The van der Waals surface area contributed by atoms with Crippen molar-refractivity contribution >= 4 is 5.91 Å². The summed E-state index contributed by atoms with van der Waals surface area (Å²) in [5.74, 6) is 0.696. The molecule has 0 heterocycles. The predicted octanol–water partition coefficient (Wildman–Crippen LogP) is 1.36. The second-order valence-electron chi connectivity index (χ2n) is 5.97. The predicted molar refractivity (Wildman–Crippen MR) is 88.1 cm³/mol. The summed E-state index contributed by atoms with van der Waals surface area (Å²) in [6, 6.07) is 5.97. The van der Waals surface area contributed by atoms with Gasteiger partial charge in [0.2, 0.25) is 5.91 Å². The van der Waals surface area contributed by atoms with E-state index < -0.39 is 6.10 Å². The average molecular weight is 308 g/mol. The van der Waals surface area contributed by atoms with Crippen LogP contribution in [-0.2, 0) is 4.79 Å². The van der Waals surface area contributed by atoms with Gasteiger partial charge in [0.1, 0.15) is 18.5 Å². The number of nitrogens with zero attached hydrogens (tertiary/aromatic N) is 1. The lowest BCUT2D eigenvalue weighted by molar-refractivity contribution is -0.124. The van der Waals surface area contributed by atoms with Crippen molar-refractivity contribution in [2.45, 2.75) is 26.9 Å². The number of hydrogen-bond acceptors (Lipinski definition) is 4. The smallest absolute Gasteiger partial charge is 0.223 e. The van der Waals surface area contributed by atoms with Gasteiger partial charge in [-0.1, -0.05) is 24.6 Å². The number of carbonyl (C=O) groups is 1. The molecule has 1 aromatic carbocycles. The van der Waals surface area contributed by atoms with Crippen molar-refractivity contribution in [2.75, 3.05) is 33.8 Å². The maximum atomic E-state index is 11.5. The summed E-state index contributed by atoms with van der Waals surface area (Å²) in [4.78, 5) is 13.4. The standard InChI is InChI=1S/C17H28N2O3/c1-12-6-7-16(13(2)8-12)22-11-15(20)10-19(5)9-14(3)17(21)18-4/h6-8,14-15,20H,9-11H2,1-5H3,(H,18,21). The fraction of sp³-hybridized carbons (Fsp3) is 0.588. The lowest BCUT2D eigenvalue weighted by atomic mass is 10.1. The van der Waals surface area contributed by atoms with Crippen molar-refractivity contribution in [1.82, 2.24) is 10.2 Å². The first-order chi connectivity index (χ1) is 10.3. The molecule has 0 fully saturated rings. The lowest BCUT2D eigenvalue weighted by Crippen LogP contribution is -2.39. The summed E-state index contributed by atoms with van der Waals surface area (Å²) >= 11 is 0. The minimum Gasteiger partial charge on any atom is -0.491 e. The molecule has 0 aromatic heterocycles. The van der Waals surface area contributed by atoms with Gasteiger partial charge in [-0.25, -0.2) is 0 Å². The van der Waals surface area contributed by atoms with E-state index >= 15 is 0 Å². The van der Waals surface area contributed by atoms with Crippen molar-refractivity contribution in [3.63, 3.8) is 0 Å². The van der Waals surface area contributed by atoms with Crippen molar-refractivity contribution in [3.8, 4) is 5.75 Å². The second-order valence-corrected chi connectivity index (χ2v) is 5.97. The number of nitrogens with one attached hydrogen (secondary N) is 1. The largest absolute Gasteiger partial charge is 0.491 e. The summed E-state index contributed by atoms with van der Waals surface area (Å²) in [5, 5.41) is 12.7. The van der Waals surface area contributed by atoms with Crippen LogP contribution in [0.3, 0.4) is 0 Å². The molecule has 5 heteroatoms. The number of ether oxygens (including phenoxy) is 1. The molecule has 1 rings (SSSR count). The first-order valence-corrected chi connectivity index (χ1v) is 7.61. The molecule has 124 valence electrons. The van der Waals surface area contributed by atoms with E-state index in [1.807, 2.05) is 44.9 Å². The molecule has 0 saturated heterocycles. The van der Waals surface area contributed by atoms with E-state index in [1.165, 1.54) is 5.56 Å². The quantitative estimate of drug-likeness (QED) is 0.761. The van der Waals surface area contributed by atoms with Gasteiger partial charge in [-0.05, 0) is 32.5 Å². The van der Waals surface area contributed by atoms with Crippen molar-refractivity contribution in [1.29, 1.82) is 0 Å². The number of aliphatic hydroxyl groups is 1. The molecule has 5 nitrogen and oxygen atoms in total. The van der Waals surface area contributed by atoms with Crippen molar-refractivity contribution in [2.24, 2.45) is 5.92 Å². The topological polar surface area (TPSA) is 61.8 Å². The maximum absolute atomic E-state index is 11.5. The molecule has 0 aliphatic carbocycles. The Morgan fingerprint density at radius 1 is 1.36 bits per heavy atom. The van der Waals surface area contributed by atoms with E-state index in [1.54, 1.807) is 7.05 Å². The van der Waals surface area contributed by atoms with E-state index in [0.717, 1.165) is 11.3 Å². The van der Waals surface area contributed by atoms with Crippen LogP contribution in [0.1, 0.15) is 18.1 Å². The molecule has 0 radical (unpaired) electrons. The molecule has 0 spiro atoms. The van der Waals surface area contributed by atoms with Crippen molar-refractivity contribution in [3.05, 3.63) is 29.3 Å². The number of amides is 1. The number of aryl methyl sites for hydroxylation is 2. The van der Waals surface area contributed by atoms with Crippen LogP contribution >= 0.6 is 0 Å². The van der Waals surface area contributed by atoms with Crippen LogP contribution in [-0.4, -0.2) is 55.8 Å². The molecule has 2 N–H and O–H groups in total. The Hall–Kier alpha value is -1.59. The highest BCUT2D eigenvalue weighted by Crippen LogP contribution is 2.18. The van der Waals surface area contributed by atoms with Crippen LogP contribution in [0, 0.1) is 19.8 Å². The van der Waals surface area contributed by atoms with Gasteiger partial charge in [-0.2, -0.15) is 0 Å². The number of aliphatic hydroxyl groups excluding tert-OH is 1. The van der Waals surface area contributed by atoms with Gasteiger partial charge >= 0.3 is 0 Å². The fourth-order valence-corrected chi connectivity index (χ4v) is 2.43. The molecular weight excluding hydrogens is 280 g/mol. The van der Waals surface area contributed by atoms with Crippen LogP contribution in [0.5, 0.6) is 5.75 Å². The average Bonchev–Trinajstić information content (AvgIpc) is 2.45. The highest BCUT2D eigenvalue weighted by molar-refractivity contribution is 5.78. The fourth-order valence-electron chi connectivity index (χ4n) is 2.43. The summed E-state index contributed by atoms with van der Waals surface area (Å²) in [6.45, 7) is 7.20. The Kier molecular flexibility index (Phi) is 7.35. The zero-order valence-corrected chi connectivity index (χ0v) is 14.2. The summed E-state index contributed by atoms with van der Waals surface area (Å²) in [6.07, 6.45) is -0.595. The molecule has 22 heavy (non-hydrogen) atoms. The van der Waals surface area contributed by atoms with Crippen LogP contribution in [0.15, 0.2) is 18.2 Å². The van der Waals surface area contributed by atoms with Gasteiger partial charge < -0.3 is 20.1 Å². The minimum atomic E-state index is -0.595. The molecular formula is C17H28N2O3. The summed E-state index contributed by atoms with van der Waals surface area (Å²) in [5.41, 5.74) is 2.25. The molecule has 0 bridgehead atoms. The van der Waals surface area contributed by atoms with Gasteiger partial charge in [-0.3, -0.25) is 4.79 Å². The van der Waals surface area contributed by atoms with Gasteiger partial charge in [0.05, 0.1) is 0 Å². The van der Waals surface area contributed by atoms with Crippen molar-refractivity contribution < 1.29 is 14.6 Å². The highest BCUT2D eigenvalue weighted by Gasteiger charge is 2.16. The van der Waals surface area contributed by atoms with Crippen LogP contribution < -0.4 is 10.1 Å². The SMILES string of the molecule is CNC(=O)C(C)CN(C)CC(O)COc1ccc(C)cc1C. The number of hydrogen-bond donors (Lipinski definition) is 2. The van der Waals surface area contributed by atoms with E-state index in [2.05, 4.69) is 11.4 Å². The van der Waals surface area contributed by atoms with Gasteiger partial charge in [0.25, 0.3) is 0 Å². The number of likely N-dealkylation sites (N-methyl/N-ethyl adjacent to an activating group) is 1. The first-order valence-electron chi connectivity index (χ1n) is 7.61. The monoisotopic (exact) mass is 308 g/mol. The third-order valence-corrected chi connectivity index (χ3v) is 3.56. The normalized spacial score (nSPS) is 13.8. The Morgan fingerprint density at radius 3 is 2.64 bits per heavy atom. The zero-order valence-electron chi connectivity index (χ0n) is 14.2. The number of rotatable bonds is 8. The van der Waals surface area contributed by atoms with Crippen LogP contribution in [0.4, 0.5) is 0 Å². The number of carbonyl (C=O) groups excluding carboxylic acids is 1. The Labute approximate surface area is 133 Å². The molecule has 2 unspecified atom stereocenters. The maximum Gasteiger partial charge on any atom is 0.223 e. The molecule has 1 amide bonds. The van der Waals surface area contributed by atoms with Gasteiger partial charge in [0, 0.05) is 26.1 Å². The zero-order chi connectivity index (χ0) is 16.7. The molecule has 1 aromatic rings. The number of benzene rings is 1. The van der Waals surface area contributed by atoms with Crippen LogP contribution in [0.25, 0.3) is 0 Å². The Balaban J connectivity index is 2.39. The van der Waals surface area contributed by atoms with E-state index in [9.17, 15) is 9.90 Å². The van der Waals surface area contributed by atoms with E-state index in [4.69, 9.17) is 4.74 Å². The van der Waals surface area contributed by atoms with E-state index in [-0.39, 0.29) is 18.4 Å². The first kappa shape index (κ1) is 18.5.